The molecule has 2 rings (SSSR count). The second-order valence-corrected chi connectivity index (χ2v) is 5.01. The molecule has 0 bridgehead atoms. The lowest BCUT2D eigenvalue weighted by molar-refractivity contribution is 0.216. The van der Waals surface area contributed by atoms with Gasteiger partial charge in [-0.3, -0.25) is 0 Å². The van der Waals surface area contributed by atoms with Crippen LogP contribution in [0.4, 0.5) is 10.5 Å². The number of rotatable bonds is 6. The van der Waals surface area contributed by atoms with Crippen molar-refractivity contribution in [2.75, 3.05) is 24.9 Å². The molecule has 0 aliphatic carbocycles. The van der Waals surface area contributed by atoms with E-state index in [0.29, 0.717) is 5.69 Å². The van der Waals surface area contributed by atoms with Gasteiger partial charge in [-0.05, 0) is 35.4 Å². The fourth-order valence-corrected chi connectivity index (χ4v) is 2.14. The highest BCUT2D eigenvalue weighted by Gasteiger charge is 2.13. The third-order valence-electron chi connectivity index (χ3n) is 3.19. The highest BCUT2D eigenvalue weighted by Crippen LogP contribution is 2.23. The van der Waals surface area contributed by atoms with Gasteiger partial charge in [-0.15, -0.1) is 16.5 Å². The molecule has 2 aromatic rings. The number of nitrogens with one attached hydrogen (secondary N) is 1. The molecule has 0 spiro atoms. The first-order valence-electron chi connectivity index (χ1n) is 6.90. The smallest absolute Gasteiger partial charge is 0.344 e. The van der Waals surface area contributed by atoms with Crippen molar-refractivity contribution in [3.8, 4) is 16.9 Å². The van der Waals surface area contributed by atoms with Crippen LogP contribution < -0.4 is 10.1 Å². The van der Waals surface area contributed by atoms with E-state index in [1.54, 1.807) is 19.2 Å². The average molecular weight is 334 g/mol. The first-order chi connectivity index (χ1) is 11.2. The van der Waals surface area contributed by atoms with Crippen LogP contribution in [-0.4, -0.2) is 30.6 Å². The average Bonchev–Trinajstić information content (AvgIpc) is 2.60. The number of halogens is 1. The molecule has 0 aliphatic heterocycles. The maximum Gasteiger partial charge on any atom is 0.344 e. The van der Waals surface area contributed by atoms with Crippen LogP contribution in [0.1, 0.15) is 0 Å². The van der Waals surface area contributed by atoms with Crippen molar-refractivity contribution < 1.29 is 9.53 Å². The van der Waals surface area contributed by atoms with E-state index in [9.17, 15) is 9.70 Å². The molecule has 0 unspecified atom stereocenters. The monoisotopic (exact) mass is 333 g/mol. The summed E-state index contributed by atoms with van der Waals surface area (Å²) >= 11 is 5.50. The summed E-state index contributed by atoms with van der Waals surface area (Å²) in [7, 11) is 1.62. The quantitative estimate of drug-likeness (QED) is 0.491. The largest absolute Gasteiger partial charge is 0.497 e. The molecule has 2 amide bonds. The first kappa shape index (κ1) is 16.8. The topological polar surface area (TPSA) is 71.0 Å². The molecule has 0 saturated heterocycles. The highest BCUT2D eigenvalue weighted by atomic mass is 35.5. The normalized spacial score (nSPS) is 10.0. The van der Waals surface area contributed by atoms with E-state index in [-0.39, 0.29) is 12.4 Å². The van der Waals surface area contributed by atoms with Gasteiger partial charge in [0.1, 0.15) is 5.75 Å². The summed E-state index contributed by atoms with van der Waals surface area (Å²) in [6.45, 7) is 0.0564. The van der Waals surface area contributed by atoms with Gasteiger partial charge in [0.05, 0.1) is 18.9 Å². The molecule has 2 aromatic carbocycles. The number of amides is 2. The van der Waals surface area contributed by atoms with Crippen LogP contribution in [-0.2, 0) is 0 Å². The fourth-order valence-electron chi connectivity index (χ4n) is 1.98. The molecular formula is C16H16ClN3O3. The summed E-state index contributed by atoms with van der Waals surface area (Å²) in [6, 6.07) is 14.3. The van der Waals surface area contributed by atoms with Gasteiger partial charge < -0.3 is 10.1 Å². The Morgan fingerprint density at radius 1 is 1.13 bits per heavy atom. The van der Waals surface area contributed by atoms with Gasteiger partial charge >= 0.3 is 6.03 Å². The zero-order valence-electron chi connectivity index (χ0n) is 12.5. The van der Waals surface area contributed by atoms with Crippen molar-refractivity contribution in [3.05, 3.63) is 53.4 Å². The lowest BCUT2D eigenvalue weighted by atomic mass is 10.1. The Kier molecular flexibility index (Phi) is 5.94. The molecule has 0 fully saturated rings. The highest BCUT2D eigenvalue weighted by molar-refractivity contribution is 6.18. The third-order valence-corrected chi connectivity index (χ3v) is 3.36. The Morgan fingerprint density at radius 2 is 1.70 bits per heavy atom. The van der Waals surface area contributed by atoms with Crippen molar-refractivity contribution in [1.29, 1.82) is 0 Å². The zero-order valence-corrected chi connectivity index (χ0v) is 13.3. The Labute approximate surface area is 139 Å². The van der Waals surface area contributed by atoms with Gasteiger partial charge in [0.15, 0.2) is 0 Å². The Hall–Kier alpha value is -2.60. The number of benzene rings is 2. The van der Waals surface area contributed by atoms with Crippen molar-refractivity contribution in [2.45, 2.75) is 0 Å². The molecule has 0 radical (unpaired) electrons. The van der Waals surface area contributed by atoms with E-state index in [1.165, 1.54) is 0 Å². The number of carbonyl (C=O) groups excluding carboxylic acids is 1. The standard InChI is InChI=1S/C16H16ClN3O3/c1-23-15-8-4-13(5-9-15)12-2-6-14(7-3-12)18-16(21)20(19-22)11-10-17/h2-9H,10-11H2,1H3,(H,18,21). The van der Waals surface area contributed by atoms with Gasteiger partial charge in [-0.1, -0.05) is 24.3 Å². The lowest BCUT2D eigenvalue weighted by Gasteiger charge is -2.13. The predicted octanol–water partition coefficient (Wildman–Crippen LogP) is 4.12. The van der Waals surface area contributed by atoms with Gasteiger partial charge in [-0.25, -0.2) is 4.79 Å². The van der Waals surface area contributed by atoms with Crippen LogP contribution in [0.15, 0.2) is 53.8 Å². The fraction of sp³-hybridized carbons (Fsp3) is 0.188. The summed E-state index contributed by atoms with van der Waals surface area (Å²) in [5.41, 5.74) is 2.59. The number of anilines is 1. The summed E-state index contributed by atoms with van der Waals surface area (Å²) < 4.78 is 5.12. The molecule has 1 N–H and O–H groups in total. The molecule has 6 nitrogen and oxygen atoms in total. The number of methoxy groups -OCH3 is 1. The molecular weight excluding hydrogens is 318 g/mol. The summed E-state index contributed by atoms with van der Waals surface area (Å²) in [5, 5.41) is 5.96. The number of hydrogen-bond donors (Lipinski definition) is 1. The number of hydrogen-bond acceptors (Lipinski definition) is 4. The van der Waals surface area contributed by atoms with Crippen LogP contribution >= 0.6 is 11.6 Å². The number of ether oxygens (including phenoxy) is 1. The molecule has 23 heavy (non-hydrogen) atoms. The molecule has 0 saturated carbocycles. The molecule has 120 valence electrons. The van der Waals surface area contributed by atoms with Crippen LogP contribution in [0, 0.1) is 4.91 Å². The molecule has 0 aliphatic rings. The van der Waals surface area contributed by atoms with Crippen LogP contribution in [0.3, 0.4) is 0 Å². The lowest BCUT2D eigenvalue weighted by Crippen LogP contribution is -2.31. The van der Waals surface area contributed by atoms with E-state index in [0.717, 1.165) is 21.9 Å². The molecule has 0 atom stereocenters. The maximum atomic E-state index is 11.8. The van der Waals surface area contributed by atoms with Gasteiger partial charge in [0, 0.05) is 11.6 Å². The number of carbonyl (C=O) groups is 1. The molecule has 0 aromatic heterocycles. The molecule has 7 heteroatoms. The minimum Gasteiger partial charge on any atom is -0.497 e. The van der Waals surface area contributed by atoms with Crippen molar-refractivity contribution in [3.63, 3.8) is 0 Å². The number of alkyl halides is 1. The third kappa shape index (κ3) is 4.43. The number of urea groups is 1. The van der Waals surface area contributed by atoms with Crippen molar-refractivity contribution in [2.24, 2.45) is 5.29 Å². The Bertz CT molecular complexity index is 659. The van der Waals surface area contributed by atoms with Crippen molar-refractivity contribution in [1.82, 2.24) is 5.01 Å². The summed E-state index contributed by atoms with van der Waals surface area (Å²) in [4.78, 5) is 22.4. The first-order valence-corrected chi connectivity index (χ1v) is 7.43. The van der Waals surface area contributed by atoms with E-state index >= 15 is 0 Å². The van der Waals surface area contributed by atoms with Crippen LogP contribution in [0.5, 0.6) is 5.75 Å². The van der Waals surface area contributed by atoms with Gasteiger partial charge in [0.2, 0.25) is 0 Å². The predicted molar refractivity (Wildman–Crippen MR) is 90.7 cm³/mol. The Morgan fingerprint density at radius 3 is 2.17 bits per heavy atom. The van der Waals surface area contributed by atoms with E-state index in [1.807, 2.05) is 36.4 Å². The second-order valence-electron chi connectivity index (χ2n) is 4.63. The van der Waals surface area contributed by atoms with Crippen LogP contribution in [0.2, 0.25) is 0 Å². The van der Waals surface area contributed by atoms with Crippen LogP contribution in [0.25, 0.3) is 11.1 Å². The minimum atomic E-state index is -0.613. The maximum absolute atomic E-state index is 11.8. The number of nitrogens with zero attached hydrogens (tertiary/aromatic N) is 2. The van der Waals surface area contributed by atoms with Gasteiger partial charge in [0.25, 0.3) is 0 Å². The minimum absolute atomic E-state index is 0.0564. The van der Waals surface area contributed by atoms with E-state index < -0.39 is 6.03 Å². The van der Waals surface area contributed by atoms with Gasteiger partial charge in [-0.2, -0.15) is 5.01 Å². The summed E-state index contributed by atoms with van der Waals surface area (Å²) in [5.74, 6) is 0.925. The number of nitroso groups, excluding NO2 is 1. The van der Waals surface area contributed by atoms with E-state index in [2.05, 4.69) is 10.6 Å². The zero-order chi connectivity index (χ0) is 16.7. The SMILES string of the molecule is COc1ccc(-c2ccc(NC(=O)N(CCCl)N=O)cc2)cc1. The van der Waals surface area contributed by atoms with Crippen molar-refractivity contribution >= 4 is 23.3 Å². The second kappa shape index (κ2) is 8.14. The Balaban J connectivity index is 2.06. The summed E-state index contributed by atoms with van der Waals surface area (Å²) in [6.07, 6.45) is 0. The van der Waals surface area contributed by atoms with E-state index in [4.69, 9.17) is 16.3 Å². The molecule has 0 heterocycles.